The molecule has 0 aliphatic carbocycles. The fourth-order valence-electron chi connectivity index (χ4n) is 2.00. The number of hydrogen-bond donors (Lipinski definition) is 1. The van der Waals surface area contributed by atoms with E-state index in [1.165, 1.54) is 0 Å². The Balaban J connectivity index is 1.96. The van der Waals surface area contributed by atoms with Gasteiger partial charge in [-0.05, 0) is 23.6 Å². The molecular weight excluding hydrogens is 238 g/mol. The first-order chi connectivity index (χ1) is 9.10. The van der Waals surface area contributed by atoms with Crippen molar-refractivity contribution in [3.8, 4) is 6.07 Å². The van der Waals surface area contributed by atoms with Gasteiger partial charge in [0.15, 0.2) is 11.5 Å². The van der Waals surface area contributed by atoms with Gasteiger partial charge in [-0.2, -0.15) is 5.26 Å². The summed E-state index contributed by atoms with van der Waals surface area (Å²) in [5.41, 5.74) is 2.86. The number of benzene rings is 1. The summed E-state index contributed by atoms with van der Waals surface area (Å²) < 4.78 is 5.44. The number of hydrogen-bond acceptors (Lipinski definition) is 4. The number of aryl methyl sites for hydroxylation is 1. The van der Waals surface area contributed by atoms with E-state index in [-0.39, 0.29) is 5.92 Å². The molecule has 1 aromatic heterocycles. The van der Waals surface area contributed by atoms with Crippen LogP contribution in [-0.4, -0.2) is 11.5 Å². The predicted octanol–water partition coefficient (Wildman–Crippen LogP) is 3.02. The molecule has 0 aliphatic rings. The number of fused-ring (bicyclic) bond motifs is 1. The van der Waals surface area contributed by atoms with E-state index < -0.39 is 0 Å². The summed E-state index contributed by atoms with van der Waals surface area (Å²) in [7, 11) is 0. The van der Waals surface area contributed by atoms with E-state index in [0.29, 0.717) is 18.4 Å². The zero-order valence-corrected chi connectivity index (χ0v) is 11.6. The number of aromatic nitrogens is 1. The first-order valence-corrected chi connectivity index (χ1v) is 6.56. The molecule has 0 fully saturated rings. The van der Waals surface area contributed by atoms with Crippen LogP contribution < -0.4 is 5.32 Å². The Morgan fingerprint density at radius 2 is 2.21 bits per heavy atom. The zero-order chi connectivity index (χ0) is 13.8. The molecule has 1 heterocycles. The highest BCUT2D eigenvalue weighted by Gasteiger charge is 2.11. The number of oxazole rings is 1. The highest BCUT2D eigenvalue weighted by molar-refractivity contribution is 5.73. The van der Waals surface area contributed by atoms with Gasteiger partial charge in [-0.15, -0.1) is 0 Å². The van der Waals surface area contributed by atoms with E-state index in [1.54, 1.807) is 0 Å². The normalized spacial score (nSPS) is 12.8. The average Bonchev–Trinajstić information content (AvgIpc) is 2.73. The molecule has 0 radical (unpaired) electrons. The summed E-state index contributed by atoms with van der Waals surface area (Å²) in [6, 6.07) is 8.32. The van der Waals surface area contributed by atoms with Crippen molar-refractivity contribution < 1.29 is 4.42 Å². The highest BCUT2D eigenvalue weighted by Crippen LogP contribution is 2.16. The fourth-order valence-corrected chi connectivity index (χ4v) is 2.00. The van der Waals surface area contributed by atoms with Gasteiger partial charge in [0.05, 0.1) is 12.0 Å². The van der Waals surface area contributed by atoms with Crippen LogP contribution in [-0.2, 0) is 6.54 Å². The lowest BCUT2D eigenvalue weighted by Crippen LogP contribution is -2.24. The van der Waals surface area contributed by atoms with Crippen molar-refractivity contribution in [2.45, 2.75) is 27.3 Å². The number of nitrogens with one attached hydrogen (secondary N) is 1. The molecule has 0 aliphatic heterocycles. The summed E-state index contributed by atoms with van der Waals surface area (Å²) in [6.45, 7) is 7.44. The van der Waals surface area contributed by atoms with Gasteiger partial charge in [-0.25, -0.2) is 4.98 Å². The van der Waals surface area contributed by atoms with E-state index >= 15 is 0 Å². The largest absolute Gasteiger partial charge is 0.441 e. The van der Waals surface area contributed by atoms with E-state index in [4.69, 9.17) is 9.68 Å². The average molecular weight is 257 g/mol. The Kier molecular flexibility index (Phi) is 4.18. The Bertz CT molecular complexity index is 595. The smallest absolute Gasteiger partial charge is 0.192 e. The van der Waals surface area contributed by atoms with Crippen molar-refractivity contribution in [1.82, 2.24) is 10.3 Å². The molecule has 0 amide bonds. The van der Waals surface area contributed by atoms with E-state index in [2.05, 4.69) is 30.2 Å². The SMILES string of the molecule is Cc1nc2cc(CNCC(C#N)C(C)C)ccc2o1. The van der Waals surface area contributed by atoms with Gasteiger partial charge < -0.3 is 9.73 Å². The van der Waals surface area contributed by atoms with E-state index in [0.717, 1.165) is 23.2 Å². The van der Waals surface area contributed by atoms with Gasteiger partial charge in [-0.3, -0.25) is 0 Å². The molecular formula is C15H19N3O. The molecule has 0 spiro atoms. The number of nitrogens with zero attached hydrogens (tertiary/aromatic N) is 2. The Morgan fingerprint density at radius 1 is 1.42 bits per heavy atom. The topological polar surface area (TPSA) is 61.9 Å². The highest BCUT2D eigenvalue weighted by atomic mass is 16.3. The molecule has 19 heavy (non-hydrogen) atoms. The lowest BCUT2D eigenvalue weighted by molar-refractivity contribution is 0.442. The third kappa shape index (κ3) is 3.33. The molecule has 4 heteroatoms. The second kappa shape index (κ2) is 5.85. The van der Waals surface area contributed by atoms with Crippen LogP contribution in [0.25, 0.3) is 11.1 Å². The monoisotopic (exact) mass is 257 g/mol. The maximum atomic E-state index is 9.03. The molecule has 2 aromatic rings. The van der Waals surface area contributed by atoms with Crippen molar-refractivity contribution in [2.75, 3.05) is 6.54 Å². The summed E-state index contributed by atoms with van der Waals surface area (Å²) in [5.74, 6) is 1.11. The molecule has 0 saturated carbocycles. The van der Waals surface area contributed by atoms with Gasteiger partial charge in [0, 0.05) is 20.0 Å². The Hall–Kier alpha value is -1.86. The van der Waals surface area contributed by atoms with Crippen LogP contribution in [0.2, 0.25) is 0 Å². The van der Waals surface area contributed by atoms with Crippen molar-refractivity contribution in [3.63, 3.8) is 0 Å². The molecule has 100 valence electrons. The Labute approximate surface area is 113 Å². The standard InChI is InChI=1S/C15H19N3O/c1-10(2)13(7-16)9-17-8-12-4-5-15-14(6-12)18-11(3)19-15/h4-6,10,13,17H,8-9H2,1-3H3. The first-order valence-electron chi connectivity index (χ1n) is 6.56. The minimum atomic E-state index is 0.0537. The second-order valence-electron chi connectivity index (χ2n) is 5.15. The van der Waals surface area contributed by atoms with E-state index in [1.807, 2.05) is 25.1 Å². The van der Waals surface area contributed by atoms with Crippen LogP contribution in [0, 0.1) is 30.1 Å². The van der Waals surface area contributed by atoms with Gasteiger partial charge in [0.2, 0.25) is 0 Å². The summed E-state index contributed by atoms with van der Waals surface area (Å²) in [6.07, 6.45) is 0. The van der Waals surface area contributed by atoms with Crippen LogP contribution in [0.3, 0.4) is 0 Å². The van der Waals surface area contributed by atoms with Crippen LogP contribution in [0.1, 0.15) is 25.3 Å². The van der Waals surface area contributed by atoms with Gasteiger partial charge in [0.1, 0.15) is 5.52 Å². The predicted molar refractivity (Wildman–Crippen MR) is 74.4 cm³/mol. The van der Waals surface area contributed by atoms with Crippen LogP contribution >= 0.6 is 0 Å². The summed E-state index contributed by atoms with van der Waals surface area (Å²) >= 11 is 0. The minimum Gasteiger partial charge on any atom is -0.441 e. The van der Waals surface area contributed by atoms with Crippen molar-refractivity contribution in [3.05, 3.63) is 29.7 Å². The number of rotatable bonds is 5. The zero-order valence-electron chi connectivity index (χ0n) is 11.6. The van der Waals surface area contributed by atoms with E-state index in [9.17, 15) is 0 Å². The van der Waals surface area contributed by atoms with Crippen LogP contribution in [0.4, 0.5) is 0 Å². The first kappa shape index (κ1) is 13.6. The van der Waals surface area contributed by atoms with Gasteiger partial charge in [0.25, 0.3) is 0 Å². The molecule has 4 nitrogen and oxygen atoms in total. The Morgan fingerprint density at radius 3 is 2.89 bits per heavy atom. The minimum absolute atomic E-state index is 0.0537. The van der Waals surface area contributed by atoms with Crippen molar-refractivity contribution in [2.24, 2.45) is 11.8 Å². The molecule has 1 atom stereocenters. The maximum absolute atomic E-state index is 9.03. The molecule has 0 bridgehead atoms. The van der Waals surface area contributed by atoms with Gasteiger partial charge >= 0.3 is 0 Å². The molecule has 0 saturated heterocycles. The third-order valence-corrected chi connectivity index (χ3v) is 3.22. The molecule has 1 N–H and O–H groups in total. The lowest BCUT2D eigenvalue weighted by Gasteiger charge is -2.13. The molecule has 1 unspecified atom stereocenters. The molecule has 1 aromatic carbocycles. The fraction of sp³-hybridized carbons (Fsp3) is 0.467. The van der Waals surface area contributed by atoms with Gasteiger partial charge in [-0.1, -0.05) is 19.9 Å². The summed E-state index contributed by atoms with van der Waals surface area (Å²) in [5, 5.41) is 12.3. The van der Waals surface area contributed by atoms with Crippen molar-refractivity contribution >= 4 is 11.1 Å². The van der Waals surface area contributed by atoms with Crippen molar-refractivity contribution in [1.29, 1.82) is 5.26 Å². The second-order valence-corrected chi connectivity index (χ2v) is 5.15. The number of nitriles is 1. The maximum Gasteiger partial charge on any atom is 0.192 e. The third-order valence-electron chi connectivity index (χ3n) is 3.22. The quantitative estimate of drug-likeness (QED) is 0.894. The molecule has 2 rings (SSSR count). The summed E-state index contributed by atoms with van der Waals surface area (Å²) in [4.78, 5) is 4.31. The lowest BCUT2D eigenvalue weighted by atomic mass is 9.97. The van der Waals surface area contributed by atoms with Crippen LogP contribution in [0.15, 0.2) is 22.6 Å². The van der Waals surface area contributed by atoms with Crippen LogP contribution in [0.5, 0.6) is 0 Å².